The van der Waals surface area contributed by atoms with Crippen molar-refractivity contribution in [3.05, 3.63) is 62.6 Å². The van der Waals surface area contributed by atoms with E-state index in [-0.39, 0.29) is 11.5 Å². The van der Waals surface area contributed by atoms with Crippen LogP contribution in [0.1, 0.15) is 28.3 Å². The summed E-state index contributed by atoms with van der Waals surface area (Å²) in [6.45, 7) is 1.62. The van der Waals surface area contributed by atoms with E-state index in [0.29, 0.717) is 15.1 Å². The third-order valence-electron chi connectivity index (χ3n) is 4.16. The maximum Gasteiger partial charge on any atom is 0.337 e. The second kappa shape index (κ2) is 6.60. The highest BCUT2D eigenvalue weighted by Gasteiger charge is 2.27. The molecule has 1 atom stereocenters. The Morgan fingerprint density at radius 3 is 2.61 bits per heavy atom. The number of aromatic carboxylic acids is 1. The number of halogens is 3. The summed E-state index contributed by atoms with van der Waals surface area (Å²) in [6, 6.07) is 10.7. The minimum atomic E-state index is -1.00. The van der Waals surface area contributed by atoms with Gasteiger partial charge in [-0.25, -0.2) is 4.79 Å². The third-order valence-corrected chi connectivity index (χ3v) is 5.32. The largest absolute Gasteiger partial charge is 0.478 e. The first-order valence-corrected chi connectivity index (χ1v) is 8.32. The number of hydrogen-bond acceptors (Lipinski definition) is 2. The summed E-state index contributed by atoms with van der Waals surface area (Å²) in [5, 5.41) is 10.6. The molecule has 1 N–H and O–H groups in total. The van der Waals surface area contributed by atoms with Gasteiger partial charge in [0, 0.05) is 24.7 Å². The van der Waals surface area contributed by atoms with Crippen molar-refractivity contribution in [1.29, 1.82) is 0 Å². The SMILES string of the molecule is O=C(O)c1cccc(C2CCN(c3ccc(Cl)c(Cl)c3)C2)c1Cl. The van der Waals surface area contributed by atoms with Crippen LogP contribution >= 0.6 is 34.8 Å². The molecule has 1 aliphatic heterocycles. The zero-order chi connectivity index (χ0) is 16.6. The van der Waals surface area contributed by atoms with Crippen molar-refractivity contribution in [2.24, 2.45) is 0 Å². The zero-order valence-electron chi connectivity index (χ0n) is 12.1. The molecule has 2 aromatic rings. The lowest BCUT2D eigenvalue weighted by Crippen LogP contribution is -2.19. The molecule has 3 nitrogen and oxygen atoms in total. The summed E-state index contributed by atoms with van der Waals surface area (Å²) in [4.78, 5) is 13.4. The highest BCUT2D eigenvalue weighted by Crippen LogP contribution is 2.37. The Morgan fingerprint density at radius 1 is 1.13 bits per heavy atom. The second-order valence-corrected chi connectivity index (χ2v) is 6.74. The third kappa shape index (κ3) is 3.27. The first-order chi connectivity index (χ1) is 11.0. The van der Waals surface area contributed by atoms with Crippen LogP contribution in [0.15, 0.2) is 36.4 Å². The molecule has 0 saturated carbocycles. The highest BCUT2D eigenvalue weighted by atomic mass is 35.5. The van der Waals surface area contributed by atoms with Crippen LogP contribution in [0.2, 0.25) is 15.1 Å². The van der Waals surface area contributed by atoms with Gasteiger partial charge in [0.05, 0.1) is 20.6 Å². The molecule has 2 aromatic carbocycles. The number of carbonyl (C=O) groups is 1. The van der Waals surface area contributed by atoms with Gasteiger partial charge in [0.25, 0.3) is 0 Å². The Bertz CT molecular complexity index is 763. The van der Waals surface area contributed by atoms with E-state index >= 15 is 0 Å². The summed E-state index contributed by atoms with van der Waals surface area (Å²) in [5.74, 6) is -0.813. The normalized spacial score (nSPS) is 17.5. The Hall–Kier alpha value is -1.42. The zero-order valence-corrected chi connectivity index (χ0v) is 14.4. The van der Waals surface area contributed by atoms with Crippen molar-refractivity contribution in [3.63, 3.8) is 0 Å². The Kier molecular flexibility index (Phi) is 4.72. The summed E-state index contributed by atoms with van der Waals surface area (Å²) in [5.41, 5.74) is 2.04. The number of carboxylic acids is 1. The molecule has 23 heavy (non-hydrogen) atoms. The van der Waals surface area contributed by atoms with Gasteiger partial charge in [-0.2, -0.15) is 0 Å². The smallest absolute Gasteiger partial charge is 0.337 e. The van der Waals surface area contributed by atoms with Crippen molar-refractivity contribution in [2.45, 2.75) is 12.3 Å². The number of carboxylic acid groups (broad SMARTS) is 1. The molecule has 0 spiro atoms. The van der Waals surface area contributed by atoms with Crippen LogP contribution in [-0.4, -0.2) is 24.2 Å². The number of hydrogen-bond donors (Lipinski definition) is 1. The Labute approximate surface area is 149 Å². The molecular weight excluding hydrogens is 357 g/mol. The van der Waals surface area contributed by atoms with Crippen molar-refractivity contribution in [2.75, 3.05) is 18.0 Å². The van der Waals surface area contributed by atoms with Crippen molar-refractivity contribution in [3.8, 4) is 0 Å². The van der Waals surface area contributed by atoms with Gasteiger partial charge < -0.3 is 10.0 Å². The van der Waals surface area contributed by atoms with Gasteiger partial charge in [-0.15, -0.1) is 0 Å². The highest BCUT2D eigenvalue weighted by molar-refractivity contribution is 6.42. The first-order valence-electron chi connectivity index (χ1n) is 7.19. The lowest BCUT2D eigenvalue weighted by Gasteiger charge is -2.20. The van der Waals surface area contributed by atoms with Gasteiger partial charge in [0.1, 0.15) is 0 Å². The van der Waals surface area contributed by atoms with Crippen molar-refractivity contribution >= 4 is 46.5 Å². The minimum Gasteiger partial charge on any atom is -0.478 e. The molecule has 0 aliphatic carbocycles. The van der Waals surface area contributed by atoms with Gasteiger partial charge in [-0.3, -0.25) is 0 Å². The van der Waals surface area contributed by atoms with E-state index in [2.05, 4.69) is 4.90 Å². The number of nitrogens with zero attached hydrogens (tertiary/aromatic N) is 1. The topological polar surface area (TPSA) is 40.5 Å². The summed E-state index contributed by atoms with van der Waals surface area (Å²) in [7, 11) is 0. The molecule has 0 amide bonds. The average molecular weight is 371 g/mol. The van der Waals surface area contributed by atoms with E-state index in [1.165, 1.54) is 6.07 Å². The molecule has 1 fully saturated rings. The van der Waals surface area contributed by atoms with Crippen LogP contribution in [0, 0.1) is 0 Å². The number of rotatable bonds is 3. The van der Waals surface area contributed by atoms with Crippen molar-refractivity contribution in [1.82, 2.24) is 0 Å². The number of benzene rings is 2. The van der Waals surface area contributed by atoms with E-state index in [0.717, 1.165) is 30.8 Å². The van der Waals surface area contributed by atoms with E-state index in [1.54, 1.807) is 12.1 Å². The summed E-state index contributed by atoms with van der Waals surface area (Å²) >= 11 is 18.3. The van der Waals surface area contributed by atoms with Crippen LogP contribution in [0.5, 0.6) is 0 Å². The lowest BCUT2D eigenvalue weighted by molar-refractivity contribution is 0.0697. The molecule has 1 unspecified atom stereocenters. The minimum absolute atomic E-state index is 0.150. The molecule has 1 saturated heterocycles. The summed E-state index contributed by atoms with van der Waals surface area (Å²) in [6.07, 6.45) is 0.906. The van der Waals surface area contributed by atoms with Gasteiger partial charge >= 0.3 is 5.97 Å². The van der Waals surface area contributed by atoms with Gasteiger partial charge in [-0.05, 0) is 36.2 Å². The monoisotopic (exact) mass is 369 g/mol. The van der Waals surface area contributed by atoms with Gasteiger partial charge in [0.2, 0.25) is 0 Å². The maximum absolute atomic E-state index is 11.2. The Morgan fingerprint density at radius 2 is 1.91 bits per heavy atom. The van der Waals surface area contributed by atoms with Gasteiger partial charge in [-0.1, -0.05) is 46.9 Å². The van der Waals surface area contributed by atoms with Crippen LogP contribution in [-0.2, 0) is 0 Å². The fourth-order valence-electron chi connectivity index (χ4n) is 2.96. The van der Waals surface area contributed by atoms with Crippen LogP contribution in [0.3, 0.4) is 0 Å². The fourth-order valence-corrected chi connectivity index (χ4v) is 3.61. The molecule has 6 heteroatoms. The molecular formula is C17H14Cl3NO2. The van der Waals surface area contributed by atoms with E-state index < -0.39 is 5.97 Å². The lowest BCUT2D eigenvalue weighted by atomic mass is 9.96. The predicted molar refractivity (Wildman–Crippen MR) is 94.4 cm³/mol. The average Bonchev–Trinajstić information content (AvgIpc) is 2.99. The number of anilines is 1. The molecule has 0 aromatic heterocycles. The molecule has 0 radical (unpaired) electrons. The molecule has 0 bridgehead atoms. The maximum atomic E-state index is 11.2. The molecule has 120 valence electrons. The Balaban J connectivity index is 1.84. The summed E-state index contributed by atoms with van der Waals surface area (Å²) < 4.78 is 0. The van der Waals surface area contributed by atoms with Crippen LogP contribution in [0.4, 0.5) is 5.69 Å². The van der Waals surface area contributed by atoms with E-state index in [4.69, 9.17) is 34.8 Å². The molecule has 3 rings (SSSR count). The second-order valence-electron chi connectivity index (χ2n) is 5.54. The van der Waals surface area contributed by atoms with Crippen molar-refractivity contribution < 1.29 is 9.90 Å². The van der Waals surface area contributed by atoms with E-state index in [9.17, 15) is 9.90 Å². The fraction of sp³-hybridized carbons (Fsp3) is 0.235. The standard InChI is InChI=1S/C17H14Cl3NO2/c18-14-5-4-11(8-15(14)19)21-7-6-10(9-21)12-2-1-3-13(16(12)20)17(22)23/h1-5,8,10H,6-7,9H2,(H,22,23). The van der Waals surface area contributed by atoms with Crippen LogP contribution < -0.4 is 4.90 Å². The molecule has 1 aliphatic rings. The van der Waals surface area contributed by atoms with Crippen LogP contribution in [0.25, 0.3) is 0 Å². The van der Waals surface area contributed by atoms with Gasteiger partial charge in [0.15, 0.2) is 0 Å². The molecule has 1 heterocycles. The van der Waals surface area contributed by atoms with E-state index in [1.807, 2.05) is 18.2 Å². The first kappa shape index (κ1) is 16.4. The quantitative estimate of drug-likeness (QED) is 0.793. The predicted octanol–water partition coefficient (Wildman–Crippen LogP) is 5.34.